The van der Waals surface area contributed by atoms with Crippen LogP contribution in [0.5, 0.6) is 0 Å². The summed E-state index contributed by atoms with van der Waals surface area (Å²) in [6, 6.07) is 1.74. The molecule has 0 spiro atoms. The average molecular weight is 534 g/mol. The molecule has 0 radical (unpaired) electrons. The van der Waals surface area contributed by atoms with E-state index in [-0.39, 0.29) is 46.8 Å². The van der Waals surface area contributed by atoms with E-state index in [1.807, 2.05) is 0 Å². The number of nitrogens with one attached hydrogen (secondary N) is 1. The van der Waals surface area contributed by atoms with Crippen LogP contribution >= 0.6 is 23.3 Å². The first kappa shape index (κ1) is 25.1. The van der Waals surface area contributed by atoms with Crippen molar-refractivity contribution in [2.45, 2.75) is 24.9 Å². The zero-order chi connectivity index (χ0) is 26.0. The molecular formula is C20H19N7O7S2. The number of pyridine rings is 1. The van der Waals surface area contributed by atoms with Crippen molar-refractivity contribution in [3.8, 4) is 0 Å². The van der Waals surface area contributed by atoms with Crippen molar-refractivity contribution in [2.24, 2.45) is 5.16 Å². The molecule has 36 heavy (non-hydrogen) atoms. The van der Waals surface area contributed by atoms with Crippen LogP contribution in [0.25, 0.3) is 0 Å². The third-order valence-electron chi connectivity index (χ3n) is 5.19. The van der Waals surface area contributed by atoms with Crippen molar-refractivity contribution in [2.75, 3.05) is 18.1 Å². The number of β-lactam (4-membered cyclic amide) rings is 1. The molecule has 188 valence electrons. The first-order chi connectivity index (χ1) is 17.2. The monoisotopic (exact) mass is 533 g/mol. The van der Waals surface area contributed by atoms with E-state index in [1.54, 1.807) is 11.5 Å². The number of aliphatic carboxylic acids is 1. The first-order valence-electron chi connectivity index (χ1n) is 10.4. The van der Waals surface area contributed by atoms with Gasteiger partial charge >= 0.3 is 5.97 Å². The van der Waals surface area contributed by atoms with E-state index in [9.17, 15) is 24.3 Å². The van der Waals surface area contributed by atoms with E-state index in [1.165, 1.54) is 36.3 Å². The molecule has 1 saturated heterocycles. The average Bonchev–Trinajstić information content (AvgIpc) is 3.28. The summed E-state index contributed by atoms with van der Waals surface area (Å²) in [6.45, 7) is 1.94. The lowest BCUT2D eigenvalue weighted by Gasteiger charge is -2.50. The predicted molar refractivity (Wildman–Crippen MR) is 123 cm³/mol. The van der Waals surface area contributed by atoms with Crippen LogP contribution in [0.15, 0.2) is 41.0 Å². The number of carbonyl (C=O) groups is 4. The van der Waals surface area contributed by atoms with E-state index >= 15 is 0 Å². The third kappa shape index (κ3) is 4.85. The Morgan fingerprint density at radius 3 is 2.69 bits per heavy atom. The number of anilines is 1. The fourth-order valence-corrected chi connectivity index (χ4v) is 5.34. The summed E-state index contributed by atoms with van der Waals surface area (Å²) in [5.41, 5.74) is 5.53. The maximum absolute atomic E-state index is 12.9. The van der Waals surface area contributed by atoms with Gasteiger partial charge in [0.15, 0.2) is 24.1 Å². The summed E-state index contributed by atoms with van der Waals surface area (Å²) < 4.78 is 5.54. The van der Waals surface area contributed by atoms with E-state index in [4.69, 9.17) is 15.7 Å². The molecule has 2 aliphatic heterocycles. The Kier molecular flexibility index (Phi) is 7.16. The number of carboxylic acid groups (broad SMARTS) is 2. The van der Waals surface area contributed by atoms with Crippen molar-refractivity contribution in [1.29, 1.82) is 0 Å². The molecule has 0 saturated carbocycles. The molecule has 4 N–H and O–H groups in total. The van der Waals surface area contributed by atoms with Crippen LogP contribution < -0.4 is 20.7 Å². The lowest BCUT2D eigenvalue weighted by atomic mass is 10.0. The van der Waals surface area contributed by atoms with Gasteiger partial charge in [0, 0.05) is 35.0 Å². The van der Waals surface area contributed by atoms with Crippen LogP contribution in [0.4, 0.5) is 5.13 Å². The highest BCUT2D eigenvalue weighted by Crippen LogP contribution is 2.40. The highest BCUT2D eigenvalue weighted by molar-refractivity contribution is 8.00. The second kappa shape index (κ2) is 10.3. The van der Waals surface area contributed by atoms with Gasteiger partial charge < -0.3 is 30.9 Å². The van der Waals surface area contributed by atoms with Crippen LogP contribution in [-0.4, -0.2) is 72.6 Å². The molecule has 2 amide bonds. The van der Waals surface area contributed by atoms with Gasteiger partial charge in [-0.3, -0.25) is 14.5 Å². The molecule has 2 aromatic rings. The molecule has 14 nitrogen and oxygen atoms in total. The third-order valence-corrected chi connectivity index (χ3v) is 7.07. The molecule has 0 aromatic carbocycles. The number of nitrogens with two attached hydrogens (primary N) is 1. The van der Waals surface area contributed by atoms with Gasteiger partial charge in [-0.15, -0.1) is 11.8 Å². The van der Waals surface area contributed by atoms with Crippen LogP contribution in [0.1, 0.15) is 23.1 Å². The fraction of sp³-hybridized carbons (Fsp3) is 0.300. The van der Waals surface area contributed by atoms with Crippen LogP contribution in [0, 0.1) is 0 Å². The number of thioether (sulfide) groups is 1. The topological polar surface area (TPSA) is 204 Å². The maximum atomic E-state index is 12.9. The lowest BCUT2D eigenvalue weighted by Crippen LogP contribution is -2.71. The number of amides is 2. The van der Waals surface area contributed by atoms with Gasteiger partial charge in [0.2, 0.25) is 11.5 Å². The highest BCUT2D eigenvalue weighted by atomic mass is 32.2. The minimum absolute atomic E-state index is 0.0630. The largest absolute Gasteiger partial charge is 0.543 e. The number of hydrogen-bond donors (Lipinski definition) is 3. The molecule has 4 rings (SSSR count). The molecule has 4 heterocycles. The molecule has 2 atom stereocenters. The standard InChI is InChI=1S/C20H19N7O7S2/c1-2-34-24-11(14-23-20(21)36-25-14)15(28)22-12-16(29)27-13(19(32)33)10(8-35-17(12)27)7-26-5-3-9(4-6-26)18(30)31/h3-6,12,17H,2,7-8H2,1H3,(H4-,21,22,23,25,28,30,31,32,33)/t12?,17-/m1/s1. The Hall–Kier alpha value is -4.05. The van der Waals surface area contributed by atoms with Gasteiger partial charge in [-0.2, -0.15) is 9.36 Å². The normalized spacial score (nSPS) is 19.4. The van der Waals surface area contributed by atoms with Crippen molar-refractivity contribution < 1.29 is 38.8 Å². The number of aromatic nitrogens is 3. The van der Waals surface area contributed by atoms with Crippen LogP contribution in [-0.2, 0) is 25.8 Å². The van der Waals surface area contributed by atoms with Crippen molar-refractivity contribution >= 4 is 57.9 Å². The molecule has 0 aliphatic carbocycles. The minimum atomic E-state index is -1.53. The smallest absolute Gasteiger partial charge is 0.336 e. The van der Waals surface area contributed by atoms with Crippen molar-refractivity contribution in [3.05, 3.63) is 47.2 Å². The summed E-state index contributed by atoms with van der Waals surface area (Å²) in [5.74, 6) is -3.86. The molecule has 2 aromatic heterocycles. The van der Waals surface area contributed by atoms with Gasteiger partial charge in [0.1, 0.15) is 18.0 Å². The van der Waals surface area contributed by atoms with E-state index in [0.717, 1.165) is 16.4 Å². The Balaban J connectivity index is 1.52. The Labute approximate surface area is 211 Å². The molecule has 2 aliphatic rings. The SMILES string of the molecule is CCON=C(C(=O)NC1C(=O)N2C(C(=O)[O-])=C(C[n+]3ccc(C(=O)O)cc3)CS[C@H]12)c1nsc(N)n1. The summed E-state index contributed by atoms with van der Waals surface area (Å²) in [6.07, 6.45) is 3.00. The number of fused-ring (bicyclic) bond motifs is 1. The van der Waals surface area contributed by atoms with Gasteiger partial charge in [0.25, 0.3) is 11.8 Å². The number of nitrogens with zero attached hydrogens (tertiary/aromatic N) is 5. The second-order valence-corrected chi connectivity index (χ2v) is 9.37. The highest BCUT2D eigenvalue weighted by Gasteiger charge is 2.53. The van der Waals surface area contributed by atoms with E-state index in [0.29, 0.717) is 5.57 Å². The minimum Gasteiger partial charge on any atom is -0.543 e. The molecular weight excluding hydrogens is 514 g/mol. The van der Waals surface area contributed by atoms with E-state index in [2.05, 4.69) is 19.8 Å². The first-order valence-corrected chi connectivity index (χ1v) is 12.2. The number of carbonyl (C=O) groups excluding carboxylic acids is 3. The molecule has 0 bridgehead atoms. The number of hydrogen-bond acceptors (Lipinski definition) is 12. The number of oxime groups is 1. The molecule has 1 unspecified atom stereocenters. The number of rotatable bonds is 9. The predicted octanol–water partition coefficient (Wildman–Crippen LogP) is -2.05. The van der Waals surface area contributed by atoms with Crippen LogP contribution in [0.2, 0.25) is 0 Å². The maximum Gasteiger partial charge on any atom is 0.336 e. The Morgan fingerprint density at radius 1 is 1.39 bits per heavy atom. The summed E-state index contributed by atoms with van der Waals surface area (Å²) in [7, 11) is 0. The fourth-order valence-electron chi connectivity index (χ4n) is 3.57. The zero-order valence-electron chi connectivity index (χ0n) is 18.6. The van der Waals surface area contributed by atoms with Gasteiger partial charge in [-0.05, 0) is 6.92 Å². The Bertz CT molecular complexity index is 1290. The van der Waals surface area contributed by atoms with Crippen LogP contribution in [0.3, 0.4) is 0 Å². The Morgan fingerprint density at radius 2 is 2.11 bits per heavy atom. The van der Waals surface area contributed by atoms with Crippen molar-refractivity contribution in [3.63, 3.8) is 0 Å². The second-order valence-electron chi connectivity index (χ2n) is 7.48. The quantitative estimate of drug-likeness (QED) is 0.138. The van der Waals surface area contributed by atoms with Crippen molar-refractivity contribution in [1.82, 2.24) is 19.6 Å². The number of carboxylic acids is 2. The van der Waals surface area contributed by atoms with Gasteiger partial charge in [-0.25, -0.2) is 9.36 Å². The number of aromatic carboxylic acids is 1. The molecule has 1 fully saturated rings. The lowest BCUT2D eigenvalue weighted by molar-refractivity contribution is -0.689. The summed E-state index contributed by atoms with van der Waals surface area (Å²) in [4.78, 5) is 58.8. The summed E-state index contributed by atoms with van der Waals surface area (Å²) in [5, 5.41) is 26.7. The van der Waals surface area contributed by atoms with E-state index < -0.39 is 35.2 Å². The van der Waals surface area contributed by atoms with Gasteiger partial charge in [0.05, 0.1) is 17.2 Å². The summed E-state index contributed by atoms with van der Waals surface area (Å²) >= 11 is 2.13. The van der Waals surface area contributed by atoms with Gasteiger partial charge in [-0.1, -0.05) is 5.16 Å². The molecule has 16 heteroatoms. The zero-order valence-corrected chi connectivity index (χ0v) is 20.2. The number of nitrogen functional groups attached to an aromatic ring is 1.